The Bertz CT molecular complexity index is 1250. The Balaban J connectivity index is 1.75. The van der Waals surface area contributed by atoms with Crippen molar-refractivity contribution in [3.63, 3.8) is 0 Å². The molecule has 0 spiro atoms. The molecule has 3 heterocycles. The third-order valence-electron chi connectivity index (χ3n) is 6.01. The summed E-state index contributed by atoms with van der Waals surface area (Å²) in [4.78, 5) is 35.6. The molecule has 0 saturated carbocycles. The monoisotopic (exact) mass is 526 g/mol. The van der Waals surface area contributed by atoms with Crippen LogP contribution in [0.4, 0.5) is 4.39 Å². The van der Waals surface area contributed by atoms with Gasteiger partial charge in [0.25, 0.3) is 0 Å². The minimum atomic E-state index is -0.877. The number of nitrogens with zero attached hydrogens (tertiary/aromatic N) is 3. The summed E-state index contributed by atoms with van der Waals surface area (Å²) in [6, 6.07) is 3.23. The first kappa shape index (κ1) is 26.5. The van der Waals surface area contributed by atoms with Crippen molar-refractivity contribution in [1.82, 2.24) is 15.2 Å². The van der Waals surface area contributed by atoms with Gasteiger partial charge < -0.3 is 19.9 Å². The van der Waals surface area contributed by atoms with Gasteiger partial charge in [-0.3, -0.25) is 14.7 Å². The number of esters is 1. The maximum absolute atomic E-state index is 14.0. The Morgan fingerprint density at radius 1 is 1.43 bits per heavy atom. The first-order valence-corrected chi connectivity index (χ1v) is 12.7. The van der Waals surface area contributed by atoms with Crippen molar-refractivity contribution >= 4 is 29.1 Å². The van der Waals surface area contributed by atoms with Crippen LogP contribution in [0, 0.1) is 18.2 Å². The SMILES string of the molecule is C#Cc1cc(F)ccc1C1N=C(c2nccs2)NC(CN2CCO[C@H](CCC(=O)O)C2)=C1C(=O)OCC. The lowest BCUT2D eigenvalue weighted by atomic mass is 9.92. The van der Waals surface area contributed by atoms with E-state index in [0.717, 1.165) is 0 Å². The van der Waals surface area contributed by atoms with Gasteiger partial charge in [0.05, 0.1) is 24.9 Å². The summed E-state index contributed by atoms with van der Waals surface area (Å²) in [5, 5.41) is 14.8. The second-order valence-corrected chi connectivity index (χ2v) is 9.39. The fourth-order valence-corrected chi connectivity index (χ4v) is 4.93. The summed E-state index contributed by atoms with van der Waals surface area (Å²) >= 11 is 1.38. The molecule has 2 aromatic rings. The van der Waals surface area contributed by atoms with Gasteiger partial charge in [-0.05, 0) is 31.0 Å². The molecule has 1 fully saturated rings. The molecule has 2 aliphatic heterocycles. The van der Waals surface area contributed by atoms with Gasteiger partial charge in [0.1, 0.15) is 11.9 Å². The van der Waals surface area contributed by atoms with E-state index in [9.17, 15) is 14.0 Å². The number of terminal acetylenes is 1. The molecule has 9 nitrogen and oxygen atoms in total. The topological polar surface area (TPSA) is 113 Å². The fourth-order valence-electron chi connectivity index (χ4n) is 4.34. The van der Waals surface area contributed by atoms with Crippen LogP contribution in [-0.2, 0) is 19.1 Å². The zero-order chi connectivity index (χ0) is 26.4. The molecule has 2 atom stereocenters. The predicted molar refractivity (Wildman–Crippen MR) is 136 cm³/mol. The molecule has 1 saturated heterocycles. The molecule has 0 bridgehead atoms. The highest BCUT2D eigenvalue weighted by Gasteiger charge is 2.35. The average molecular weight is 527 g/mol. The number of benzene rings is 1. The molecule has 0 radical (unpaired) electrons. The van der Waals surface area contributed by atoms with Crippen LogP contribution < -0.4 is 5.32 Å². The van der Waals surface area contributed by atoms with Crippen molar-refractivity contribution < 1.29 is 28.6 Å². The molecule has 2 N–H and O–H groups in total. The van der Waals surface area contributed by atoms with E-state index in [1.165, 1.54) is 29.5 Å². The van der Waals surface area contributed by atoms with Crippen LogP contribution in [0.15, 0.2) is 46.0 Å². The van der Waals surface area contributed by atoms with Crippen LogP contribution in [0.1, 0.15) is 41.9 Å². The number of rotatable bonds is 9. The van der Waals surface area contributed by atoms with Crippen molar-refractivity contribution in [3.8, 4) is 12.3 Å². The second-order valence-electron chi connectivity index (χ2n) is 8.49. The van der Waals surface area contributed by atoms with Crippen LogP contribution in [-0.4, -0.2) is 71.7 Å². The number of ether oxygens (including phenoxy) is 2. The number of nitrogens with one attached hydrogen (secondary N) is 1. The number of halogens is 1. The zero-order valence-electron chi connectivity index (χ0n) is 20.3. The van der Waals surface area contributed by atoms with E-state index in [0.29, 0.717) is 54.8 Å². The fraction of sp³-hybridized carbons (Fsp3) is 0.385. The van der Waals surface area contributed by atoms with Crippen molar-refractivity contribution in [1.29, 1.82) is 0 Å². The van der Waals surface area contributed by atoms with E-state index < -0.39 is 23.8 Å². The Kier molecular flexibility index (Phi) is 8.66. The van der Waals surface area contributed by atoms with Crippen LogP contribution in [0.5, 0.6) is 0 Å². The van der Waals surface area contributed by atoms with E-state index >= 15 is 0 Å². The third-order valence-corrected chi connectivity index (χ3v) is 6.79. The lowest BCUT2D eigenvalue weighted by Gasteiger charge is -2.35. The molecular weight excluding hydrogens is 499 g/mol. The Labute approximate surface area is 218 Å². The van der Waals surface area contributed by atoms with Crippen LogP contribution >= 0.6 is 11.3 Å². The van der Waals surface area contributed by atoms with Gasteiger partial charge in [0.15, 0.2) is 10.8 Å². The van der Waals surface area contributed by atoms with Crippen LogP contribution in [0.3, 0.4) is 0 Å². The predicted octanol–water partition coefficient (Wildman–Crippen LogP) is 2.74. The maximum atomic E-state index is 14.0. The zero-order valence-corrected chi connectivity index (χ0v) is 21.1. The summed E-state index contributed by atoms with van der Waals surface area (Å²) in [5.41, 5.74) is 1.63. The number of carbonyl (C=O) groups excluding carboxylic acids is 1. The number of aliphatic carboxylic acids is 1. The summed E-state index contributed by atoms with van der Waals surface area (Å²) in [6.07, 6.45) is 7.51. The van der Waals surface area contributed by atoms with Gasteiger partial charge in [-0.1, -0.05) is 12.0 Å². The molecule has 4 rings (SSSR count). The number of thiazole rings is 1. The lowest BCUT2D eigenvalue weighted by Crippen LogP contribution is -2.46. The van der Waals surface area contributed by atoms with Gasteiger partial charge in [0, 0.05) is 48.9 Å². The smallest absolute Gasteiger partial charge is 0.338 e. The van der Waals surface area contributed by atoms with E-state index in [1.54, 1.807) is 13.1 Å². The number of aliphatic imine (C=N–C) groups is 1. The number of hydrogen-bond donors (Lipinski definition) is 2. The Morgan fingerprint density at radius 2 is 2.27 bits per heavy atom. The van der Waals surface area contributed by atoms with E-state index in [2.05, 4.69) is 21.1 Å². The third kappa shape index (κ3) is 6.40. The summed E-state index contributed by atoms with van der Waals surface area (Å²) in [6.45, 7) is 3.72. The minimum absolute atomic E-state index is 0.00981. The van der Waals surface area contributed by atoms with Crippen LogP contribution in [0.25, 0.3) is 0 Å². The molecule has 0 aliphatic carbocycles. The van der Waals surface area contributed by atoms with E-state index in [-0.39, 0.29) is 30.3 Å². The van der Waals surface area contributed by atoms with Gasteiger partial charge in [0.2, 0.25) is 0 Å². The normalized spacial score (nSPS) is 20.1. The van der Waals surface area contributed by atoms with Crippen LogP contribution in [0.2, 0.25) is 0 Å². The summed E-state index contributed by atoms with van der Waals surface area (Å²) in [7, 11) is 0. The highest BCUT2D eigenvalue weighted by Crippen LogP contribution is 2.35. The highest BCUT2D eigenvalue weighted by atomic mass is 32.1. The van der Waals surface area contributed by atoms with Crippen molar-refractivity contribution in [2.45, 2.75) is 31.9 Å². The summed E-state index contributed by atoms with van der Waals surface area (Å²) in [5.74, 6) is 1.05. The first-order valence-electron chi connectivity index (χ1n) is 11.9. The largest absolute Gasteiger partial charge is 0.481 e. The molecule has 1 aromatic heterocycles. The number of morpholine rings is 1. The molecule has 0 amide bonds. The Hall–Kier alpha value is -3.59. The number of carboxylic acids is 1. The van der Waals surface area contributed by atoms with Gasteiger partial charge in [-0.2, -0.15) is 0 Å². The number of hydrogen-bond acceptors (Lipinski definition) is 9. The second kappa shape index (κ2) is 12.1. The van der Waals surface area contributed by atoms with Gasteiger partial charge >= 0.3 is 11.9 Å². The average Bonchev–Trinajstić information content (AvgIpc) is 3.42. The Morgan fingerprint density at radius 3 is 2.97 bits per heavy atom. The van der Waals surface area contributed by atoms with Crippen molar-refractivity contribution in [3.05, 3.63) is 63.0 Å². The van der Waals surface area contributed by atoms with Crippen molar-refractivity contribution in [2.24, 2.45) is 4.99 Å². The molecular formula is C26H27FN4O5S. The molecule has 1 aromatic carbocycles. The lowest BCUT2D eigenvalue weighted by molar-refractivity contribution is -0.139. The van der Waals surface area contributed by atoms with E-state index in [4.69, 9.17) is 26.0 Å². The highest BCUT2D eigenvalue weighted by molar-refractivity contribution is 7.11. The molecule has 2 aliphatic rings. The standard InChI is InChI=1S/C26H27FN4O5S/c1-3-16-13-17(27)5-7-19(16)23-22(26(34)35-4-2)20(29-24(30-23)25-28-9-12-37-25)15-31-10-11-36-18(14-31)6-8-21(32)33/h1,5,7,9,12-13,18,23H,4,6,8,10-11,14-15H2,2H3,(H,29,30)(H,32,33)/t18-,23?/m1/s1. The minimum Gasteiger partial charge on any atom is -0.481 e. The number of aromatic nitrogens is 1. The summed E-state index contributed by atoms with van der Waals surface area (Å²) < 4.78 is 25.2. The van der Waals surface area contributed by atoms with E-state index in [1.807, 2.05) is 5.38 Å². The van der Waals surface area contributed by atoms with Gasteiger partial charge in [-0.25, -0.2) is 14.2 Å². The van der Waals surface area contributed by atoms with Crippen molar-refractivity contribution in [2.75, 3.05) is 32.8 Å². The number of carboxylic acid groups (broad SMARTS) is 1. The quantitative estimate of drug-likeness (QED) is 0.379. The number of carbonyl (C=O) groups is 2. The first-order chi connectivity index (χ1) is 17.9. The molecule has 37 heavy (non-hydrogen) atoms. The molecule has 1 unspecified atom stereocenters. The maximum Gasteiger partial charge on any atom is 0.338 e. The van der Waals surface area contributed by atoms with Gasteiger partial charge in [-0.15, -0.1) is 17.8 Å². The molecule has 11 heteroatoms. The number of amidine groups is 1. The molecule has 194 valence electrons.